The normalized spacial score (nSPS) is 11.7. The van der Waals surface area contributed by atoms with E-state index >= 15 is 0 Å². The van der Waals surface area contributed by atoms with Gasteiger partial charge in [0.1, 0.15) is 22.3 Å². The van der Waals surface area contributed by atoms with E-state index in [0.717, 1.165) is 200 Å². The molecule has 27 aromatic rings. The number of hydrogen-bond donors (Lipinski definition) is 0. The van der Waals surface area contributed by atoms with Crippen molar-refractivity contribution in [3.05, 3.63) is 522 Å². The van der Waals surface area contributed by atoms with Crippen LogP contribution in [0, 0.1) is 0 Å². The highest BCUT2D eigenvalue weighted by atomic mass is 16.3. The lowest BCUT2D eigenvalue weighted by atomic mass is 9.87. The summed E-state index contributed by atoms with van der Waals surface area (Å²) in [5.41, 5.74) is 39.0. The molecule has 0 bridgehead atoms. The Bertz CT molecular complexity index is 9450. The molecule has 654 valence electrons. The zero-order chi connectivity index (χ0) is 92.2. The van der Waals surface area contributed by atoms with Crippen molar-refractivity contribution < 1.29 is 8.83 Å². The summed E-state index contributed by atoms with van der Waals surface area (Å²) in [6, 6.07) is 191. The minimum Gasteiger partial charge on any atom is -0.455 e. The van der Waals surface area contributed by atoms with Crippen molar-refractivity contribution in [2.75, 3.05) is 9.80 Å². The second kappa shape index (κ2) is 33.8. The molecular weight excluding hydrogens is 1700 g/mol. The topological polar surface area (TPSA) is 42.6 Å². The first-order valence-electron chi connectivity index (χ1n) is 48.0. The Morgan fingerprint density at radius 2 is 0.500 bits per heavy atom. The van der Waals surface area contributed by atoms with E-state index in [1.54, 1.807) is 0 Å². The van der Waals surface area contributed by atoms with Crippen molar-refractivity contribution in [2.24, 2.45) is 0 Å². The highest BCUT2D eigenvalue weighted by Gasteiger charge is 2.27. The van der Waals surface area contributed by atoms with Crippen molar-refractivity contribution in [1.29, 1.82) is 0 Å². The summed E-state index contributed by atoms with van der Waals surface area (Å²) in [7, 11) is 0. The van der Waals surface area contributed by atoms with Crippen LogP contribution in [-0.4, -0.2) is 9.13 Å². The van der Waals surface area contributed by atoms with Crippen LogP contribution in [0.25, 0.3) is 232 Å². The quantitative estimate of drug-likeness (QED) is 0.0803. The van der Waals surface area contributed by atoms with Gasteiger partial charge in [0.25, 0.3) is 0 Å². The average Bonchev–Trinajstić information content (AvgIpc) is 1.11. The van der Waals surface area contributed by atoms with Crippen LogP contribution in [0.3, 0.4) is 0 Å². The summed E-state index contributed by atoms with van der Waals surface area (Å²) in [6.45, 7) is 0. The fourth-order valence-electron chi connectivity index (χ4n) is 22.1. The number of anilines is 6. The molecule has 0 radical (unpaired) electrons. The van der Waals surface area contributed by atoms with Crippen LogP contribution in [0.15, 0.2) is 531 Å². The highest BCUT2D eigenvalue weighted by molar-refractivity contribution is 6.24. The van der Waals surface area contributed by atoms with Crippen LogP contribution >= 0.6 is 0 Å². The van der Waals surface area contributed by atoms with Gasteiger partial charge in [0.05, 0.1) is 39.1 Å². The fraction of sp³-hybridized carbons (Fsp3) is 0. The van der Waals surface area contributed by atoms with E-state index in [-0.39, 0.29) is 0 Å². The zero-order valence-corrected chi connectivity index (χ0v) is 76.3. The number of furan rings is 2. The van der Waals surface area contributed by atoms with E-state index in [9.17, 15) is 0 Å². The van der Waals surface area contributed by atoms with E-state index in [0.29, 0.717) is 0 Å². The third kappa shape index (κ3) is 13.7. The zero-order valence-electron chi connectivity index (χ0n) is 76.3. The third-order valence-corrected chi connectivity index (χ3v) is 28.6. The van der Waals surface area contributed by atoms with Crippen molar-refractivity contribution in [3.8, 4) is 123 Å². The largest absolute Gasteiger partial charge is 0.455 e. The van der Waals surface area contributed by atoms with Crippen LogP contribution in [0.4, 0.5) is 34.1 Å². The minimum absolute atomic E-state index is 0.834. The van der Waals surface area contributed by atoms with Crippen LogP contribution in [-0.2, 0) is 0 Å². The molecule has 0 unspecified atom stereocenters. The lowest BCUT2D eigenvalue weighted by Gasteiger charge is -2.29. The molecule has 4 heterocycles. The molecule has 0 aliphatic heterocycles. The second-order valence-corrected chi connectivity index (χ2v) is 36.4. The Labute approximate surface area is 809 Å². The van der Waals surface area contributed by atoms with Gasteiger partial charge in [-0.25, -0.2) is 0 Å². The molecule has 140 heavy (non-hydrogen) atoms. The molecule has 4 aromatic heterocycles. The number of benzene rings is 23. The first kappa shape index (κ1) is 81.0. The summed E-state index contributed by atoms with van der Waals surface area (Å²) in [5.74, 6) is 0. The summed E-state index contributed by atoms with van der Waals surface area (Å²) in [4.78, 5) is 4.82. The summed E-state index contributed by atoms with van der Waals surface area (Å²) < 4.78 is 18.7. The summed E-state index contributed by atoms with van der Waals surface area (Å²) >= 11 is 0. The van der Waals surface area contributed by atoms with Crippen molar-refractivity contribution in [3.63, 3.8) is 0 Å². The average molecular weight is 1780 g/mol. The maximum absolute atomic E-state index is 7.23. The smallest absolute Gasteiger partial charge is 0.143 e. The van der Waals surface area contributed by atoms with E-state index in [2.05, 4.69) is 535 Å². The lowest BCUT2D eigenvalue weighted by Crippen LogP contribution is -2.11. The van der Waals surface area contributed by atoms with Gasteiger partial charge in [0, 0.05) is 99.3 Å². The Morgan fingerprint density at radius 3 is 1.06 bits per heavy atom. The van der Waals surface area contributed by atoms with Crippen LogP contribution in [0.2, 0.25) is 0 Å². The first-order chi connectivity index (χ1) is 69.5. The summed E-state index contributed by atoms with van der Waals surface area (Å²) in [5, 5.41) is 14.0. The van der Waals surface area contributed by atoms with Gasteiger partial charge in [0.15, 0.2) is 0 Å². The molecule has 0 atom stereocenters. The number of nitrogens with zero attached hydrogens (tertiary/aromatic N) is 4. The molecule has 0 spiro atoms. The second-order valence-electron chi connectivity index (χ2n) is 36.4. The number of para-hydroxylation sites is 10. The number of fused-ring (bicyclic) bond motifs is 15. The molecule has 0 aliphatic rings. The number of hydrogen-bond acceptors (Lipinski definition) is 4. The maximum Gasteiger partial charge on any atom is 0.143 e. The van der Waals surface area contributed by atoms with E-state index in [1.165, 1.54) is 65.5 Å². The molecule has 0 N–H and O–H groups in total. The molecular formula is C134H86N4O2. The molecule has 0 aliphatic carbocycles. The molecule has 6 heteroatoms. The van der Waals surface area contributed by atoms with Crippen LogP contribution in [0.1, 0.15) is 0 Å². The first-order valence-corrected chi connectivity index (χ1v) is 48.0. The van der Waals surface area contributed by atoms with Gasteiger partial charge in [-0.2, -0.15) is 0 Å². The van der Waals surface area contributed by atoms with Gasteiger partial charge in [0.2, 0.25) is 0 Å². The number of rotatable bonds is 18. The van der Waals surface area contributed by atoms with Gasteiger partial charge >= 0.3 is 0 Å². The molecule has 27 rings (SSSR count). The lowest BCUT2D eigenvalue weighted by molar-refractivity contribution is 0.669. The van der Waals surface area contributed by atoms with E-state index in [1.807, 2.05) is 6.07 Å². The Hall–Kier alpha value is -18.6. The highest BCUT2D eigenvalue weighted by Crippen LogP contribution is 2.52. The standard InChI is InChI=1S/C134H86N4O2/c1-2-30-89(31-3-1)103-37-4-5-40-108(103)110-42-10-19-55-124(110)136(102-36-27-33-96(85-102)88-64-68-91(69-65-88)105-39-9-18-54-123(105)138-127-58-22-13-45-113(127)114-46-14-23-59-128(114)138)100-80-72-93(73-81-100)107-82-83-118(132-120-49-16-25-61-130(120)140-134(107)132)117-51-28-34-97-86-121(109-41-6-7-48-116(109)131(97)117)94-74-78-99(79-75-94)135(98-76-70-92(71-77-98)106-50-29-52-119-115-47-15-24-60-129(115)139-133(106)119)101-35-26-32-95(84-101)87-62-66-90(67-63-87)104-38-8-17-53-122(104)137-125-56-20-11-43-111(125)112-44-12-21-57-126(112)137/h1-86H. The predicted molar refractivity (Wildman–Crippen MR) is 588 cm³/mol. The van der Waals surface area contributed by atoms with Gasteiger partial charge < -0.3 is 27.8 Å². The molecule has 0 saturated carbocycles. The van der Waals surface area contributed by atoms with Crippen molar-refractivity contribution in [2.45, 2.75) is 0 Å². The van der Waals surface area contributed by atoms with Crippen molar-refractivity contribution >= 4 is 143 Å². The van der Waals surface area contributed by atoms with Crippen LogP contribution < -0.4 is 9.80 Å². The van der Waals surface area contributed by atoms with Gasteiger partial charge in [-0.05, 0) is 232 Å². The Morgan fingerprint density at radius 1 is 0.157 bits per heavy atom. The molecule has 0 fully saturated rings. The van der Waals surface area contributed by atoms with Gasteiger partial charge in [-0.15, -0.1) is 0 Å². The van der Waals surface area contributed by atoms with Crippen LogP contribution in [0.5, 0.6) is 0 Å². The van der Waals surface area contributed by atoms with E-state index in [4.69, 9.17) is 8.83 Å². The molecule has 0 amide bonds. The van der Waals surface area contributed by atoms with E-state index < -0.39 is 0 Å². The predicted octanol–water partition coefficient (Wildman–Crippen LogP) is 37.6. The Balaban J connectivity index is 0.536. The molecule has 23 aromatic carbocycles. The van der Waals surface area contributed by atoms with Gasteiger partial charge in [-0.3, -0.25) is 0 Å². The fourth-order valence-corrected chi connectivity index (χ4v) is 22.1. The Kier molecular flexibility index (Phi) is 19.5. The third-order valence-electron chi connectivity index (χ3n) is 28.6. The maximum atomic E-state index is 7.23. The van der Waals surface area contributed by atoms with Crippen molar-refractivity contribution in [1.82, 2.24) is 9.13 Å². The minimum atomic E-state index is 0.834. The monoisotopic (exact) mass is 1780 g/mol. The van der Waals surface area contributed by atoms with Gasteiger partial charge in [-0.1, -0.05) is 394 Å². The number of aromatic nitrogens is 2. The SMILES string of the molecule is c1ccc(-c2ccccc2-c2ccccc2N(c2ccc(-c3ccc(-c4cccc5cc(-c6ccc(N(c7ccc(-c8cccc9c8oc8ccccc89)cc7)c7cccc(-c8ccc(-c9ccccc9-n9c%10ccccc%10c%10ccccc%109)cc8)c7)cc6)c6ccccc6c45)c4c3oc3ccccc34)cc2)c2cccc(-c3ccc(-c4ccccc4-n4c5ccccc5c5ccccc54)cc3)c2)cc1. The molecule has 0 saturated heterocycles. The molecule has 6 nitrogen and oxygen atoms in total. The summed E-state index contributed by atoms with van der Waals surface area (Å²) in [6.07, 6.45) is 0.